The second-order valence-electron chi connectivity index (χ2n) is 8.89. The van der Waals surface area contributed by atoms with Gasteiger partial charge in [0.2, 0.25) is 11.6 Å². The van der Waals surface area contributed by atoms with Gasteiger partial charge in [0.15, 0.2) is 0 Å². The van der Waals surface area contributed by atoms with Crippen LogP contribution in [-0.2, 0) is 18.9 Å². The molecular weight excluding hydrogens is 392 g/mol. The van der Waals surface area contributed by atoms with E-state index in [1.54, 1.807) is 0 Å². The van der Waals surface area contributed by atoms with Crippen molar-refractivity contribution >= 4 is 0 Å². The van der Waals surface area contributed by atoms with Crippen molar-refractivity contribution in [2.24, 2.45) is 0 Å². The molecule has 0 aromatic heterocycles. The Balaban J connectivity index is 2.42. The summed E-state index contributed by atoms with van der Waals surface area (Å²) in [7, 11) is 1.18. The molecule has 11 heteroatoms. The van der Waals surface area contributed by atoms with Crippen LogP contribution in [0.2, 0.25) is 0 Å². The van der Waals surface area contributed by atoms with E-state index in [1.165, 1.54) is 41.7 Å². The highest BCUT2D eigenvalue weighted by Crippen LogP contribution is 2.54. The molecule has 0 aromatic rings. The third-order valence-electron chi connectivity index (χ3n) is 7.19. The molecule has 2 fully saturated rings. The average molecular weight is 426 g/mol. The Hall–Kier alpha value is -0.440. The Morgan fingerprint density at radius 1 is 0.793 bits per heavy atom. The number of hydrogen-bond donors (Lipinski definition) is 7. The summed E-state index contributed by atoms with van der Waals surface area (Å²) in [6.07, 6.45) is -1.80. The molecule has 172 valence electrons. The van der Waals surface area contributed by atoms with Crippen LogP contribution in [0.3, 0.4) is 0 Å². The minimum atomic E-state index is -2.20. The van der Waals surface area contributed by atoms with Gasteiger partial charge in [-0.1, -0.05) is 0 Å². The number of ether oxygens (including phenoxy) is 4. The highest BCUT2D eigenvalue weighted by molar-refractivity contribution is 5.20. The first kappa shape index (κ1) is 24.8. The molecule has 2 aliphatic heterocycles. The molecule has 29 heavy (non-hydrogen) atoms. The van der Waals surface area contributed by atoms with Gasteiger partial charge in [0.1, 0.15) is 47.3 Å². The smallest absolute Gasteiger partial charge is 0.224 e. The van der Waals surface area contributed by atoms with Gasteiger partial charge in [0, 0.05) is 7.11 Å². The quantitative estimate of drug-likeness (QED) is 0.224. The lowest BCUT2D eigenvalue weighted by Crippen LogP contribution is -2.65. The molecule has 0 radical (unpaired) electrons. The molecule has 0 aromatic carbocycles. The van der Waals surface area contributed by atoms with Gasteiger partial charge in [-0.25, -0.2) is 0 Å². The van der Waals surface area contributed by atoms with E-state index in [4.69, 9.17) is 18.9 Å². The second kappa shape index (κ2) is 7.04. The molecule has 0 aliphatic carbocycles. The third kappa shape index (κ3) is 2.92. The predicted molar refractivity (Wildman–Crippen MR) is 96.5 cm³/mol. The molecule has 0 amide bonds. The minimum absolute atomic E-state index is 0.664. The maximum atomic E-state index is 11.1. The highest BCUT2D eigenvalue weighted by atomic mass is 16.8. The van der Waals surface area contributed by atoms with Crippen molar-refractivity contribution in [1.82, 2.24) is 0 Å². The number of hydrogen-bond acceptors (Lipinski definition) is 11. The predicted octanol–water partition coefficient (Wildman–Crippen LogP) is -2.79. The molecular formula is C18H34O11. The van der Waals surface area contributed by atoms with Crippen LogP contribution in [0.5, 0.6) is 0 Å². The molecule has 2 heterocycles. The van der Waals surface area contributed by atoms with Crippen LogP contribution in [0.25, 0.3) is 0 Å². The largest absolute Gasteiger partial charge is 0.393 e. The van der Waals surface area contributed by atoms with Gasteiger partial charge < -0.3 is 54.7 Å². The Morgan fingerprint density at radius 2 is 1.31 bits per heavy atom. The van der Waals surface area contributed by atoms with Crippen LogP contribution in [0.1, 0.15) is 34.6 Å². The van der Waals surface area contributed by atoms with E-state index in [0.29, 0.717) is 0 Å². The fourth-order valence-corrected chi connectivity index (χ4v) is 4.04. The van der Waals surface area contributed by atoms with E-state index >= 15 is 0 Å². The Morgan fingerprint density at radius 3 is 1.66 bits per heavy atom. The van der Waals surface area contributed by atoms with E-state index in [2.05, 4.69) is 0 Å². The Labute approximate surface area is 169 Å². The summed E-state index contributed by atoms with van der Waals surface area (Å²) in [5.41, 5.74) is -9.47. The first-order valence-electron chi connectivity index (χ1n) is 9.29. The normalized spacial score (nSPS) is 55.6. The molecule has 2 saturated heterocycles. The average Bonchev–Trinajstić information content (AvgIpc) is 2.89. The summed E-state index contributed by atoms with van der Waals surface area (Å²) in [5.74, 6) is -4.25. The maximum Gasteiger partial charge on any atom is 0.224 e. The molecule has 2 rings (SSSR count). The monoisotopic (exact) mass is 426 g/mol. The third-order valence-corrected chi connectivity index (χ3v) is 7.19. The molecule has 11 nitrogen and oxygen atoms in total. The SMILES string of the molecule is COC1(COC2(CO)OC(C)(CO)C(C)(O)C2O)OC(C)(CO)C(C)(O)C1(C)O. The van der Waals surface area contributed by atoms with Crippen molar-refractivity contribution in [3.8, 4) is 0 Å². The molecule has 7 N–H and O–H groups in total. The van der Waals surface area contributed by atoms with Gasteiger partial charge >= 0.3 is 0 Å². The van der Waals surface area contributed by atoms with Gasteiger partial charge in [0.05, 0.1) is 13.2 Å². The topological polar surface area (TPSA) is 179 Å². The van der Waals surface area contributed by atoms with Crippen LogP contribution in [-0.4, -0.2) is 115 Å². The number of aliphatic hydroxyl groups is 7. The first-order valence-corrected chi connectivity index (χ1v) is 9.29. The van der Waals surface area contributed by atoms with Crippen molar-refractivity contribution < 1.29 is 54.7 Å². The fourth-order valence-electron chi connectivity index (χ4n) is 4.04. The fraction of sp³-hybridized carbons (Fsp3) is 1.00. The number of rotatable bonds is 7. The molecule has 0 bridgehead atoms. The van der Waals surface area contributed by atoms with Crippen LogP contribution in [0.4, 0.5) is 0 Å². The number of aliphatic hydroxyl groups excluding tert-OH is 4. The number of methoxy groups -OCH3 is 1. The lowest BCUT2D eigenvalue weighted by atomic mass is 9.74. The summed E-state index contributed by atoms with van der Waals surface area (Å²) in [4.78, 5) is 0. The van der Waals surface area contributed by atoms with Gasteiger partial charge in [-0.2, -0.15) is 0 Å². The molecule has 8 atom stereocenters. The molecule has 2 aliphatic rings. The highest BCUT2D eigenvalue weighted by Gasteiger charge is 2.75. The van der Waals surface area contributed by atoms with Crippen LogP contribution < -0.4 is 0 Å². The van der Waals surface area contributed by atoms with Crippen LogP contribution in [0, 0.1) is 0 Å². The van der Waals surface area contributed by atoms with E-state index in [-0.39, 0.29) is 0 Å². The minimum Gasteiger partial charge on any atom is -0.393 e. The molecule has 8 unspecified atom stereocenters. The summed E-state index contributed by atoms with van der Waals surface area (Å²) in [5, 5.41) is 72.6. The summed E-state index contributed by atoms with van der Waals surface area (Å²) in [6.45, 7) is 3.46. The molecule has 0 spiro atoms. The first-order chi connectivity index (χ1) is 13.0. The summed E-state index contributed by atoms with van der Waals surface area (Å²) < 4.78 is 22.3. The Kier molecular flexibility index (Phi) is 6.02. The van der Waals surface area contributed by atoms with Gasteiger partial charge in [-0.3, -0.25) is 0 Å². The summed E-state index contributed by atoms with van der Waals surface area (Å²) >= 11 is 0. The zero-order valence-electron chi connectivity index (χ0n) is 17.7. The van der Waals surface area contributed by atoms with E-state index in [1.807, 2.05) is 0 Å². The van der Waals surface area contributed by atoms with Gasteiger partial charge in [-0.15, -0.1) is 0 Å². The van der Waals surface area contributed by atoms with Gasteiger partial charge in [-0.05, 0) is 34.6 Å². The summed E-state index contributed by atoms with van der Waals surface area (Å²) in [6, 6.07) is 0. The van der Waals surface area contributed by atoms with E-state index in [0.717, 1.165) is 0 Å². The van der Waals surface area contributed by atoms with Crippen molar-refractivity contribution in [2.45, 2.75) is 80.3 Å². The van der Waals surface area contributed by atoms with Crippen LogP contribution >= 0.6 is 0 Å². The lowest BCUT2D eigenvalue weighted by molar-refractivity contribution is -0.358. The zero-order valence-corrected chi connectivity index (χ0v) is 17.7. The van der Waals surface area contributed by atoms with Crippen molar-refractivity contribution in [1.29, 1.82) is 0 Å². The standard InChI is InChI=1S/C18H34O11/c1-12(7-19)14(3,23)11(22)17(9-21,28-12)27-10-18(26-6)16(5,25)15(4,24)13(2,8-20)29-18/h11,19-25H,7-10H2,1-6H3. The second-order valence-corrected chi connectivity index (χ2v) is 8.89. The van der Waals surface area contributed by atoms with Crippen molar-refractivity contribution in [2.75, 3.05) is 33.5 Å². The Bertz CT molecular complexity index is 620. The van der Waals surface area contributed by atoms with E-state index < -0.39 is 72.1 Å². The zero-order chi connectivity index (χ0) is 22.7. The van der Waals surface area contributed by atoms with Crippen molar-refractivity contribution in [3.05, 3.63) is 0 Å². The maximum absolute atomic E-state index is 11.1. The van der Waals surface area contributed by atoms with Crippen molar-refractivity contribution in [3.63, 3.8) is 0 Å². The van der Waals surface area contributed by atoms with Crippen LogP contribution in [0.15, 0.2) is 0 Å². The lowest BCUT2D eigenvalue weighted by Gasteiger charge is -2.43. The van der Waals surface area contributed by atoms with Gasteiger partial charge in [0.25, 0.3) is 0 Å². The van der Waals surface area contributed by atoms with E-state index in [9.17, 15) is 35.7 Å². The molecule has 0 saturated carbocycles.